The van der Waals surface area contributed by atoms with E-state index < -0.39 is 0 Å². The number of carbonyl (C=O) groups is 1. The van der Waals surface area contributed by atoms with Crippen LogP contribution in [0.4, 0.5) is 5.82 Å². The molecule has 0 unspecified atom stereocenters. The number of piperidine rings is 1. The van der Waals surface area contributed by atoms with Crippen molar-refractivity contribution in [2.24, 2.45) is 11.8 Å². The SMILES string of the molecule is Cc1ccc2nc(N3C[C@@H](C)C[C@H](C)C3)c(/C=C3\SC(=S)N(C[C@@H]4CCCO4)C3=O)c(=O)n2c1. The van der Waals surface area contributed by atoms with Gasteiger partial charge in [-0.1, -0.05) is 43.9 Å². The summed E-state index contributed by atoms with van der Waals surface area (Å²) in [4.78, 5) is 36.2. The number of thioether (sulfide) groups is 1. The van der Waals surface area contributed by atoms with Crippen LogP contribution in [0, 0.1) is 18.8 Å². The van der Waals surface area contributed by atoms with Crippen LogP contribution >= 0.6 is 24.0 Å². The molecule has 3 saturated heterocycles. The predicted molar refractivity (Wildman–Crippen MR) is 140 cm³/mol. The molecule has 3 atom stereocenters. The van der Waals surface area contributed by atoms with Crippen LogP contribution in [0.25, 0.3) is 11.7 Å². The second-order valence-electron chi connectivity index (χ2n) is 9.87. The average Bonchev–Trinajstić information content (AvgIpc) is 3.39. The normalized spacial score (nSPS) is 26.9. The molecule has 180 valence electrons. The van der Waals surface area contributed by atoms with Crippen LogP contribution in [-0.4, -0.2) is 56.9 Å². The topological polar surface area (TPSA) is 67.2 Å². The number of hydrogen-bond donors (Lipinski definition) is 0. The van der Waals surface area contributed by atoms with Crippen LogP contribution in [0.15, 0.2) is 28.0 Å². The lowest BCUT2D eigenvalue weighted by atomic mass is 9.91. The fraction of sp³-hybridized carbons (Fsp3) is 0.520. The van der Waals surface area contributed by atoms with E-state index in [1.165, 1.54) is 11.8 Å². The number of nitrogens with zero attached hydrogens (tertiary/aromatic N) is 4. The first kappa shape index (κ1) is 23.5. The number of fused-ring (bicyclic) bond motifs is 1. The summed E-state index contributed by atoms with van der Waals surface area (Å²) in [5.74, 6) is 1.49. The molecule has 3 aliphatic rings. The zero-order valence-electron chi connectivity index (χ0n) is 19.8. The third-order valence-corrected chi connectivity index (χ3v) is 8.09. The molecule has 0 saturated carbocycles. The van der Waals surface area contributed by atoms with Gasteiger partial charge in [0.2, 0.25) is 0 Å². The van der Waals surface area contributed by atoms with Crippen LogP contribution in [0.2, 0.25) is 0 Å². The van der Waals surface area contributed by atoms with Gasteiger partial charge in [0.25, 0.3) is 11.5 Å². The summed E-state index contributed by atoms with van der Waals surface area (Å²) in [5.41, 5.74) is 1.86. The smallest absolute Gasteiger partial charge is 0.267 e. The monoisotopic (exact) mass is 498 g/mol. The van der Waals surface area contributed by atoms with Crippen molar-refractivity contribution in [3.05, 3.63) is 44.7 Å². The molecule has 3 aliphatic heterocycles. The minimum atomic E-state index is -0.168. The van der Waals surface area contributed by atoms with Gasteiger partial charge in [0.05, 0.1) is 23.1 Å². The van der Waals surface area contributed by atoms with Crippen molar-refractivity contribution in [3.8, 4) is 0 Å². The Hall–Kier alpha value is -2.23. The zero-order chi connectivity index (χ0) is 24.0. The zero-order valence-corrected chi connectivity index (χ0v) is 21.5. The van der Waals surface area contributed by atoms with E-state index in [2.05, 4.69) is 18.7 Å². The summed E-state index contributed by atoms with van der Waals surface area (Å²) in [6.07, 6.45) is 6.61. The summed E-state index contributed by atoms with van der Waals surface area (Å²) in [7, 11) is 0. The van der Waals surface area contributed by atoms with Crippen LogP contribution in [0.1, 0.15) is 44.2 Å². The van der Waals surface area contributed by atoms with Crippen molar-refractivity contribution >= 4 is 51.7 Å². The molecule has 1 amide bonds. The number of anilines is 1. The molecule has 34 heavy (non-hydrogen) atoms. The number of pyridine rings is 1. The number of carbonyl (C=O) groups excluding carboxylic acids is 1. The Morgan fingerprint density at radius 1 is 1.24 bits per heavy atom. The Labute approximate surface area is 209 Å². The lowest BCUT2D eigenvalue weighted by Crippen LogP contribution is -2.40. The molecular weight excluding hydrogens is 468 g/mol. The number of amides is 1. The molecular formula is C25H30N4O3S2. The minimum Gasteiger partial charge on any atom is -0.376 e. The minimum absolute atomic E-state index is 0.0182. The van der Waals surface area contributed by atoms with E-state index in [9.17, 15) is 9.59 Å². The highest BCUT2D eigenvalue weighted by atomic mass is 32.2. The fourth-order valence-corrected chi connectivity index (χ4v) is 6.49. The second-order valence-corrected chi connectivity index (χ2v) is 11.5. The van der Waals surface area contributed by atoms with Crippen molar-refractivity contribution in [2.75, 3.05) is 31.1 Å². The Kier molecular flexibility index (Phi) is 6.52. The summed E-state index contributed by atoms with van der Waals surface area (Å²) in [6.45, 7) is 9.27. The first-order chi connectivity index (χ1) is 16.3. The highest BCUT2D eigenvalue weighted by Crippen LogP contribution is 2.35. The van der Waals surface area contributed by atoms with Gasteiger partial charge in [-0.15, -0.1) is 0 Å². The molecule has 0 bridgehead atoms. The predicted octanol–water partition coefficient (Wildman–Crippen LogP) is 3.87. The first-order valence-electron chi connectivity index (χ1n) is 11.9. The van der Waals surface area contributed by atoms with Gasteiger partial charge in [0.1, 0.15) is 15.8 Å². The third-order valence-electron chi connectivity index (χ3n) is 6.71. The van der Waals surface area contributed by atoms with E-state index in [0.717, 1.165) is 44.5 Å². The van der Waals surface area contributed by atoms with Crippen molar-refractivity contribution in [1.82, 2.24) is 14.3 Å². The van der Waals surface area contributed by atoms with Crippen molar-refractivity contribution in [2.45, 2.75) is 46.1 Å². The molecule has 0 N–H and O–H groups in total. The summed E-state index contributed by atoms with van der Waals surface area (Å²) in [5, 5.41) is 0. The van der Waals surface area contributed by atoms with E-state index in [1.807, 2.05) is 19.1 Å². The number of ether oxygens (including phenoxy) is 1. The third kappa shape index (κ3) is 4.53. The van der Waals surface area contributed by atoms with Crippen molar-refractivity contribution in [1.29, 1.82) is 0 Å². The molecule has 3 fully saturated rings. The molecule has 9 heteroatoms. The maximum Gasteiger partial charge on any atom is 0.267 e. The Morgan fingerprint density at radius 2 is 2.00 bits per heavy atom. The van der Waals surface area contributed by atoms with Crippen LogP contribution in [0.5, 0.6) is 0 Å². The van der Waals surface area contributed by atoms with Gasteiger partial charge in [-0.2, -0.15) is 0 Å². The summed E-state index contributed by atoms with van der Waals surface area (Å²) >= 11 is 6.78. The number of aromatic nitrogens is 2. The van der Waals surface area contributed by atoms with Gasteiger partial charge >= 0.3 is 0 Å². The molecule has 7 nitrogen and oxygen atoms in total. The highest BCUT2D eigenvalue weighted by Gasteiger charge is 2.35. The van der Waals surface area contributed by atoms with Gasteiger partial charge in [0, 0.05) is 25.9 Å². The number of aryl methyl sites for hydroxylation is 1. The number of rotatable bonds is 4. The Bertz CT molecular complexity index is 1220. The van der Waals surface area contributed by atoms with Gasteiger partial charge in [-0.25, -0.2) is 4.98 Å². The second kappa shape index (κ2) is 9.43. The van der Waals surface area contributed by atoms with Gasteiger partial charge < -0.3 is 9.64 Å². The molecule has 0 spiro atoms. The number of hydrogen-bond acceptors (Lipinski definition) is 7. The molecule has 2 aromatic heterocycles. The largest absolute Gasteiger partial charge is 0.376 e. The summed E-state index contributed by atoms with van der Waals surface area (Å²) in [6, 6.07) is 3.84. The van der Waals surface area contributed by atoms with Gasteiger partial charge in [-0.05, 0) is 55.7 Å². The standard InChI is InChI=1S/C25H30N4O3S2/c1-15-6-7-21-26-22(27-11-16(2)9-17(3)12-27)19(23(30)28(21)13-15)10-20-24(31)29(25(33)34-20)14-18-5-4-8-32-18/h6-7,10,13,16-18H,4-5,8-9,11-12,14H2,1-3H3/b20-10-/t16-,17-,18-/m0/s1. The molecule has 0 radical (unpaired) electrons. The van der Waals surface area contributed by atoms with E-state index in [1.54, 1.807) is 21.6 Å². The Balaban J connectivity index is 1.58. The van der Waals surface area contributed by atoms with E-state index >= 15 is 0 Å². The van der Waals surface area contributed by atoms with E-state index in [-0.39, 0.29) is 17.6 Å². The maximum absolute atomic E-state index is 13.7. The molecule has 0 aliphatic carbocycles. The lowest BCUT2D eigenvalue weighted by Gasteiger charge is -2.36. The molecule has 0 aromatic carbocycles. The van der Waals surface area contributed by atoms with Crippen molar-refractivity contribution < 1.29 is 9.53 Å². The first-order valence-corrected chi connectivity index (χ1v) is 13.2. The average molecular weight is 499 g/mol. The number of thiocarbonyl (C=S) groups is 1. The summed E-state index contributed by atoms with van der Waals surface area (Å²) < 4.78 is 7.80. The lowest BCUT2D eigenvalue weighted by molar-refractivity contribution is -0.123. The Morgan fingerprint density at radius 3 is 2.71 bits per heavy atom. The molecule has 5 heterocycles. The highest BCUT2D eigenvalue weighted by molar-refractivity contribution is 8.26. The molecule has 2 aromatic rings. The van der Waals surface area contributed by atoms with Crippen LogP contribution in [-0.2, 0) is 9.53 Å². The van der Waals surface area contributed by atoms with Gasteiger partial charge in [0.15, 0.2) is 0 Å². The van der Waals surface area contributed by atoms with Crippen molar-refractivity contribution in [3.63, 3.8) is 0 Å². The molecule has 5 rings (SSSR count). The maximum atomic E-state index is 13.7. The van der Waals surface area contributed by atoms with E-state index in [0.29, 0.717) is 44.6 Å². The van der Waals surface area contributed by atoms with Crippen LogP contribution < -0.4 is 10.5 Å². The fourth-order valence-electron chi connectivity index (χ4n) is 5.23. The van der Waals surface area contributed by atoms with Crippen LogP contribution in [0.3, 0.4) is 0 Å². The van der Waals surface area contributed by atoms with E-state index in [4.69, 9.17) is 21.9 Å². The van der Waals surface area contributed by atoms with Gasteiger partial charge in [-0.3, -0.25) is 18.9 Å². The quantitative estimate of drug-likeness (QED) is 0.468.